The standard InChI is InChI=1S/C22H24O8S/c1-28-19-13-17(18(24)9-6-11-23)14-20(22(19)29-2)31(26,27)12-10-21(25)30-15-16-7-4-3-5-8-16/h3-5,7-8,11,13-14H,6,9-10,12,15H2,1-2H3. The van der Waals surface area contributed by atoms with Gasteiger partial charge >= 0.3 is 5.97 Å². The Kier molecular flexibility index (Phi) is 8.75. The zero-order valence-electron chi connectivity index (χ0n) is 17.3. The first-order valence-corrected chi connectivity index (χ1v) is 11.1. The Bertz CT molecular complexity index is 1030. The van der Waals surface area contributed by atoms with Gasteiger partial charge in [-0.1, -0.05) is 30.3 Å². The first-order valence-electron chi connectivity index (χ1n) is 9.47. The van der Waals surface area contributed by atoms with Crippen LogP contribution in [0.25, 0.3) is 0 Å². The molecule has 0 heterocycles. The van der Waals surface area contributed by atoms with Gasteiger partial charge in [-0.15, -0.1) is 0 Å². The average molecular weight is 448 g/mol. The Morgan fingerprint density at radius 2 is 1.71 bits per heavy atom. The summed E-state index contributed by atoms with van der Waals surface area (Å²) in [6, 6.07) is 11.5. The summed E-state index contributed by atoms with van der Waals surface area (Å²) in [5, 5.41) is 0. The minimum Gasteiger partial charge on any atom is -0.493 e. The lowest BCUT2D eigenvalue weighted by Gasteiger charge is -2.15. The Morgan fingerprint density at radius 3 is 2.32 bits per heavy atom. The lowest BCUT2D eigenvalue weighted by molar-refractivity contribution is -0.144. The molecule has 0 radical (unpaired) electrons. The predicted octanol–water partition coefficient (Wildman–Crippen LogP) is 2.77. The van der Waals surface area contributed by atoms with Crippen molar-refractivity contribution in [2.24, 2.45) is 0 Å². The highest BCUT2D eigenvalue weighted by Gasteiger charge is 2.26. The van der Waals surface area contributed by atoms with E-state index >= 15 is 0 Å². The van der Waals surface area contributed by atoms with Crippen LogP contribution in [-0.2, 0) is 30.8 Å². The molecule has 0 saturated carbocycles. The van der Waals surface area contributed by atoms with E-state index in [1.54, 1.807) is 24.3 Å². The summed E-state index contributed by atoms with van der Waals surface area (Å²) in [6.07, 6.45) is 0.189. The Balaban J connectivity index is 2.20. The van der Waals surface area contributed by atoms with Gasteiger partial charge in [0, 0.05) is 18.4 Å². The Labute approximate surface area is 181 Å². The largest absolute Gasteiger partial charge is 0.493 e. The molecule has 8 nitrogen and oxygen atoms in total. The number of hydrogen-bond acceptors (Lipinski definition) is 8. The molecule has 0 aliphatic rings. The van der Waals surface area contributed by atoms with Gasteiger partial charge in [0.25, 0.3) is 0 Å². The maximum absolute atomic E-state index is 12.9. The van der Waals surface area contributed by atoms with Crippen LogP contribution in [0.15, 0.2) is 47.4 Å². The molecule has 2 aromatic carbocycles. The zero-order chi connectivity index (χ0) is 22.9. The Hall–Kier alpha value is -3.20. The molecule has 0 aliphatic heterocycles. The van der Waals surface area contributed by atoms with E-state index in [1.165, 1.54) is 26.4 Å². The summed E-state index contributed by atoms with van der Waals surface area (Å²) >= 11 is 0. The lowest BCUT2D eigenvalue weighted by Crippen LogP contribution is -2.15. The van der Waals surface area contributed by atoms with Crippen LogP contribution in [0, 0.1) is 0 Å². The number of benzene rings is 2. The number of Topliss-reactive ketones (excluding diaryl/α,β-unsaturated/α-hetero) is 1. The van der Waals surface area contributed by atoms with Gasteiger partial charge in [0.15, 0.2) is 27.1 Å². The van der Waals surface area contributed by atoms with Crippen molar-refractivity contribution in [3.8, 4) is 11.5 Å². The number of ether oxygens (including phenoxy) is 3. The number of methoxy groups -OCH3 is 2. The summed E-state index contributed by atoms with van der Waals surface area (Å²) in [6.45, 7) is 0.0393. The van der Waals surface area contributed by atoms with Gasteiger partial charge in [0.05, 0.1) is 26.4 Å². The van der Waals surface area contributed by atoms with Gasteiger partial charge in [-0.3, -0.25) is 9.59 Å². The molecular formula is C22H24O8S. The van der Waals surface area contributed by atoms with Crippen molar-refractivity contribution in [2.45, 2.75) is 30.8 Å². The minimum absolute atomic E-state index is 0.0164. The lowest BCUT2D eigenvalue weighted by atomic mass is 10.1. The van der Waals surface area contributed by atoms with E-state index < -0.39 is 27.3 Å². The summed E-state index contributed by atoms with van der Waals surface area (Å²) < 4.78 is 41.4. The number of hydrogen-bond donors (Lipinski definition) is 0. The Morgan fingerprint density at radius 1 is 1.00 bits per heavy atom. The first-order chi connectivity index (χ1) is 14.8. The summed E-state index contributed by atoms with van der Waals surface area (Å²) in [7, 11) is -1.43. The van der Waals surface area contributed by atoms with Gasteiger partial charge < -0.3 is 19.0 Å². The molecule has 0 aromatic heterocycles. The third-order valence-corrected chi connectivity index (χ3v) is 6.12. The summed E-state index contributed by atoms with van der Waals surface area (Å²) in [4.78, 5) is 34.6. The van der Waals surface area contributed by atoms with E-state index in [1.807, 2.05) is 6.07 Å². The van der Waals surface area contributed by atoms with Crippen molar-refractivity contribution >= 4 is 27.9 Å². The number of carbonyl (C=O) groups excluding carboxylic acids is 3. The minimum atomic E-state index is -4.02. The van der Waals surface area contributed by atoms with Crippen LogP contribution in [-0.4, -0.2) is 46.4 Å². The van der Waals surface area contributed by atoms with E-state index in [0.29, 0.717) is 6.29 Å². The fraction of sp³-hybridized carbons (Fsp3) is 0.318. The maximum Gasteiger partial charge on any atom is 0.307 e. The topological polar surface area (TPSA) is 113 Å². The van der Waals surface area contributed by atoms with Crippen molar-refractivity contribution < 1.29 is 37.0 Å². The molecule has 166 valence electrons. The van der Waals surface area contributed by atoms with E-state index in [0.717, 1.165) is 5.56 Å². The van der Waals surface area contributed by atoms with Crippen LogP contribution in [0.2, 0.25) is 0 Å². The van der Waals surface area contributed by atoms with Gasteiger partial charge in [-0.05, 0) is 17.7 Å². The third kappa shape index (κ3) is 6.65. The van der Waals surface area contributed by atoms with Gasteiger partial charge in [0.1, 0.15) is 17.8 Å². The molecule has 2 rings (SSSR count). The molecule has 0 spiro atoms. The zero-order valence-corrected chi connectivity index (χ0v) is 18.1. The second-order valence-corrected chi connectivity index (χ2v) is 8.63. The highest BCUT2D eigenvalue weighted by atomic mass is 32.2. The number of ketones is 1. The van der Waals surface area contributed by atoms with Gasteiger partial charge in [-0.2, -0.15) is 0 Å². The second kappa shape index (κ2) is 11.3. The molecule has 0 fully saturated rings. The monoisotopic (exact) mass is 448 g/mol. The molecule has 9 heteroatoms. The number of aldehydes is 1. The maximum atomic E-state index is 12.9. The van der Waals surface area contributed by atoms with Crippen LogP contribution < -0.4 is 9.47 Å². The van der Waals surface area contributed by atoms with Crippen LogP contribution in [0.4, 0.5) is 0 Å². The van der Waals surface area contributed by atoms with Crippen molar-refractivity contribution in [3.05, 3.63) is 53.6 Å². The quantitative estimate of drug-likeness (QED) is 0.277. The number of rotatable bonds is 12. The van der Waals surface area contributed by atoms with E-state index in [2.05, 4.69) is 0 Å². The molecule has 2 aromatic rings. The molecule has 0 saturated heterocycles. The van der Waals surface area contributed by atoms with Crippen LogP contribution in [0.3, 0.4) is 0 Å². The number of sulfone groups is 1. The molecular weight excluding hydrogens is 424 g/mol. The number of esters is 1. The average Bonchev–Trinajstić information content (AvgIpc) is 2.79. The fourth-order valence-electron chi connectivity index (χ4n) is 2.79. The predicted molar refractivity (Wildman–Crippen MR) is 112 cm³/mol. The summed E-state index contributed by atoms with van der Waals surface area (Å²) in [5.41, 5.74) is 0.858. The van der Waals surface area contributed by atoms with Crippen molar-refractivity contribution in [2.75, 3.05) is 20.0 Å². The van der Waals surface area contributed by atoms with Crippen molar-refractivity contribution in [1.82, 2.24) is 0 Å². The molecule has 0 aliphatic carbocycles. The SMILES string of the molecule is COc1cc(C(=O)CCC=O)cc(S(=O)(=O)CCC(=O)OCc2ccccc2)c1OC. The smallest absolute Gasteiger partial charge is 0.307 e. The first kappa shape index (κ1) is 24.1. The molecule has 0 unspecified atom stereocenters. The second-order valence-electron chi connectivity index (χ2n) is 6.55. The van der Waals surface area contributed by atoms with Crippen LogP contribution >= 0.6 is 0 Å². The normalized spacial score (nSPS) is 10.9. The molecule has 31 heavy (non-hydrogen) atoms. The number of carbonyl (C=O) groups is 3. The van der Waals surface area contributed by atoms with Crippen LogP contribution in [0.5, 0.6) is 11.5 Å². The van der Waals surface area contributed by atoms with Crippen molar-refractivity contribution in [1.29, 1.82) is 0 Å². The van der Waals surface area contributed by atoms with E-state index in [4.69, 9.17) is 14.2 Å². The molecule has 0 bridgehead atoms. The highest BCUT2D eigenvalue weighted by molar-refractivity contribution is 7.91. The van der Waals surface area contributed by atoms with Crippen LogP contribution in [0.1, 0.15) is 35.2 Å². The molecule has 0 amide bonds. The fourth-order valence-corrected chi connectivity index (χ4v) is 4.22. The van der Waals surface area contributed by atoms with Gasteiger partial charge in [0.2, 0.25) is 0 Å². The summed E-state index contributed by atoms with van der Waals surface area (Å²) in [5.74, 6) is -1.62. The van der Waals surface area contributed by atoms with E-state index in [9.17, 15) is 22.8 Å². The third-order valence-electron chi connectivity index (χ3n) is 4.41. The van der Waals surface area contributed by atoms with Gasteiger partial charge in [-0.25, -0.2) is 8.42 Å². The molecule has 0 atom stereocenters. The van der Waals surface area contributed by atoms with E-state index in [-0.39, 0.29) is 47.8 Å². The molecule has 0 N–H and O–H groups in total. The van der Waals surface area contributed by atoms with Crippen molar-refractivity contribution in [3.63, 3.8) is 0 Å². The highest BCUT2D eigenvalue weighted by Crippen LogP contribution is 2.36.